The lowest BCUT2D eigenvalue weighted by Crippen LogP contribution is -2.46. The maximum atomic E-state index is 12.8. The molecule has 3 aromatic rings. The molecule has 0 spiro atoms. The highest BCUT2D eigenvalue weighted by atomic mass is 35.5. The molecule has 0 unspecified atom stereocenters. The molecule has 0 saturated carbocycles. The van der Waals surface area contributed by atoms with Crippen LogP contribution in [-0.2, 0) is 24.2 Å². The number of aromatic hydroxyl groups is 1. The second kappa shape index (κ2) is 7.40. The Morgan fingerprint density at radius 2 is 2.04 bits per heavy atom. The number of hydrogen-bond acceptors (Lipinski definition) is 3. The van der Waals surface area contributed by atoms with Crippen molar-refractivity contribution in [2.24, 2.45) is 5.73 Å². The third-order valence-corrected chi connectivity index (χ3v) is 4.95. The number of aromatic amines is 1. The van der Waals surface area contributed by atoms with E-state index >= 15 is 0 Å². The van der Waals surface area contributed by atoms with Gasteiger partial charge < -0.3 is 20.7 Å². The van der Waals surface area contributed by atoms with E-state index in [-0.39, 0.29) is 24.1 Å². The maximum absolute atomic E-state index is 12.8. The molecule has 0 saturated heterocycles. The smallest absolute Gasteiger partial charge is 0.240 e. The van der Waals surface area contributed by atoms with Gasteiger partial charge in [-0.25, -0.2) is 0 Å². The van der Waals surface area contributed by atoms with Gasteiger partial charge in [0.2, 0.25) is 5.91 Å². The number of halogens is 1. The van der Waals surface area contributed by atoms with E-state index in [4.69, 9.17) is 5.73 Å². The molecule has 1 aliphatic heterocycles. The molecule has 0 fully saturated rings. The van der Waals surface area contributed by atoms with Crippen molar-refractivity contribution in [3.63, 3.8) is 0 Å². The summed E-state index contributed by atoms with van der Waals surface area (Å²) in [5.74, 6) is 0.190. The highest BCUT2D eigenvalue weighted by molar-refractivity contribution is 5.86. The van der Waals surface area contributed by atoms with Crippen LogP contribution in [0.3, 0.4) is 0 Å². The number of carbonyl (C=O) groups excluding carboxylic acids is 1. The minimum Gasteiger partial charge on any atom is -0.508 e. The number of nitrogens with one attached hydrogen (secondary N) is 1. The van der Waals surface area contributed by atoms with Gasteiger partial charge in [0.25, 0.3) is 0 Å². The fourth-order valence-electron chi connectivity index (χ4n) is 3.59. The minimum absolute atomic E-state index is 0. The fraction of sp³-hybridized carbons (Fsp3) is 0.250. The van der Waals surface area contributed by atoms with Crippen molar-refractivity contribution in [2.75, 3.05) is 6.54 Å². The molecule has 0 aliphatic carbocycles. The SMILES string of the molecule is Cl.N[C@@H](Cc1c[nH]c2ccccc12)C(=O)N1CCc2ccc(O)cc2C1. The average molecular weight is 372 g/mol. The molecule has 1 amide bonds. The predicted octanol–water partition coefficient (Wildman–Crippen LogP) is 2.75. The van der Waals surface area contributed by atoms with Crippen LogP contribution in [0.4, 0.5) is 0 Å². The normalized spacial score (nSPS) is 14.6. The van der Waals surface area contributed by atoms with Gasteiger partial charge in [-0.15, -0.1) is 12.4 Å². The summed E-state index contributed by atoms with van der Waals surface area (Å²) in [5.41, 5.74) is 10.5. The molecule has 136 valence electrons. The van der Waals surface area contributed by atoms with E-state index in [1.807, 2.05) is 36.5 Å². The number of phenols is 1. The van der Waals surface area contributed by atoms with Gasteiger partial charge >= 0.3 is 0 Å². The summed E-state index contributed by atoms with van der Waals surface area (Å²) < 4.78 is 0. The Morgan fingerprint density at radius 3 is 2.88 bits per heavy atom. The van der Waals surface area contributed by atoms with E-state index < -0.39 is 6.04 Å². The lowest BCUT2D eigenvalue weighted by atomic mass is 9.98. The van der Waals surface area contributed by atoms with Crippen LogP contribution >= 0.6 is 12.4 Å². The van der Waals surface area contributed by atoms with E-state index in [1.165, 1.54) is 5.56 Å². The van der Waals surface area contributed by atoms with Crippen LogP contribution < -0.4 is 5.73 Å². The Morgan fingerprint density at radius 1 is 1.23 bits per heavy atom. The number of fused-ring (bicyclic) bond motifs is 2. The van der Waals surface area contributed by atoms with Crippen molar-refractivity contribution >= 4 is 29.2 Å². The van der Waals surface area contributed by atoms with E-state index in [0.29, 0.717) is 19.5 Å². The molecule has 1 aromatic heterocycles. The molecule has 2 aromatic carbocycles. The highest BCUT2D eigenvalue weighted by Gasteiger charge is 2.26. The molecule has 4 rings (SSSR count). The Balaban J connectivity index is 0.00000196. The second-order valence-corrected chi connectivity index (χ2v) is 6.63. The molecule has 4 N–H and O–H groups in total. The predicted molar refractivity (Wildman–Crippen MR) is 104 cm³/mol. The van der Waals surface area contributed by atoms with Crippen LogP contribution in [0, 0.1) is 0 Å². The Kier molecular flexibility index (Phi) is 5.20. The maximum Gasteiger partial charge on any atom is 0.240 e. The summed E-state index contributed by atoms with van der Waals surface area (Å²) in [4.78, 5) is 17.8. The van der Waals surface area contributed by atoms with Gasteiger partial charge in [0.1, 0.15) is 5.75 Å². The summed E-state index contributed by atoms with van der Waals surface area (Å²) in [6.45, 7) is 1.17. The summed E-state index contributed by atoms with van der Waals surface area (Å²) in [6.07, 6.45) is 3.23. The quantitative estimate of drug-likeness (QED) is 0.662. The Hall–Kier alpha value is -2.50. The molecular formula is C20H22ClN3O2. The summed E-state index contributed by atoms with van der Waals surface area (Å²) in [5, 5.41) is 10.8. The fourth-order valence-corrected chi connectivity index (χ4v) is 3.59. The van der Waals surface area contributed by atoms with Crippen molar-refractivity contribution in [3.8, 4) is 5.75 Å². The number of carbonyl (C=O) groups is 1. The van der Waals surface area contributed by atoms with E-state index in [2.05, 4.69) is 4.98 Å². The number of nitrogens with two attached hydrogens (primary N) is 1. The van der Waals surface area contributed by atoms with Crippen molar-refractivity contribution < 1.29 is 9.90 Å². The number of para-hydroxylation sites is 1. The zero-order valence-electron chi connectivity index (χ0n) is 14.3. The van der Waals surface area contributed by atoms with E-state index in [0.717, 1.165) is 28.5 Å². The largest absolute Gasteiger partial charge is 0.508 e. The van der Waals surface area contributed by atoms with Crippen molar-refractivity contribution in [2.45, 2.75) is 25.4 Å². The molecule has 0 radical (unpaired) electrons. The Bertz CT molecular complexity index is 938. The van der Waals surface area contributed by atoms with Gasteiger partial charge in [0, 0.05) is 30.2 Å². The highest BCUT2D eigenvalue weighted by Crippen LogP contribution is 2.24. The van der Waals surface area contributed by atoms with E-state index in [9.17, 15) is 9.90 Å². The van der Waals surface area contributed by atoms with Crippen molar-refractivity contribution in [3.05, 3.63) is 65.4 Å². The number of phenolic OH excluding ortho intramolecular Hbond substituents is 1. The number of H-pyrrole nitrogens is 1. The zero-order valence-corrected chi connectivity index (χ0v) is 15.1. The van der Waals surface area contributed by atoms with Crippen LogP contribution in [0.25, 0.3) is 10.9 Å². The molecule has 26 heavy (non-hydrogen) atoms. The van der Waals surface area contributed by atoms with Gasteiger partial charge in [0.15, 0.2) is 0 Å². The second-order valence-electron chi connectivity index (χ2n) is 6.63. The number of nitrogens with zero attached hydrogens (tertiary/aromatic N) is 1. The van der Waals surface area contributed by atoms with E-state index in [1.54, 1.807) is 17.0 Å². The van der Waals surface area contributed by atoms with Crippen LogP contribution in [-0.4, -0.2) is 33.5 Å². The van der Waals surface area contributed by atoms with Crippen LogP contribution in [0.5, 0.6) is 5.75 Å². The number of aromatic nitrogens is 1. The van der Waals surface area contributed by atoms with Gasteiger partial charge in [-0.2, -0.15) is 0 Å². The summed E-state index contributed by atoms with van der Waals surface area (Å²) >= 11 is 0. The van der Waals surface area contributed by atoms with Crippen molar-refractivity contribution in [1.29, 1.82) is 0 Å². The first kappa shape index (κ1) is 18.3. The number of hydrogen-bond donors (Lipinski definition) is 3. The standard InChI is InChI=1S/C20H21N3O2.ClH/c21-18(10-14-11-22-19-4-2-1-3-17(14)19)20(25)23-8-7-13-5-6-16(24)9-15(13)12-23;/h1-6,9,11,18,22,24H,7-8,10,12,21H2;1H/t18-;/m0./s1. The number of amides is 1. The zero-order chi connectivity index (χ0) is 17.4. The molecule has 2 heterocycles. The average Bonchev–Trinajstić information content (AvgIpc) is 3.03. The van der Waals surface area contributed by atoms with Crippen LogP contribution in [0.2, 0.25) is 0 Å². The third-order valence-electron chi connectivity index (χ3n) is 4.95. The third kappa shape index (κ3) is 3.41. The van der Waals surface area contributed by atoms with Crippen molar-refractivity contribution in [1.82, 2.24) is 9.88 Å². The summed E-state index contributed by atoms with van der Waals surface area (Å²) in [6, 6.07) is 12.8. The minimum atomic E-state index is -0.571. The molecule has 1 atom stereocenters. The van der Waals surface area contributed by atoms with Crippen LogP contribution in [0.15, 0.2) is 48.7 Å². The lowest BCUT2D eigenvalue weighted by Gasteiger charge is -2.31. The molecular weight excluding hydrogens is 350 g/mol. The monoisotopic (exact) mass is 371 g/mol. The van der Waals surface area contributed by atoms with Crippen LogP contribution in [0.1, 0.15) is 16.7 Å². The van der Waals surface area contributed by atoms with Gasteiger partial charge in [-0.3, -0.25) is 4.79 Å². The first-order valence-electron chi connectivity index (χ1n) is 8.52. The summed E-state index contributed by atoms with van der Waals surface area (Å²) in [7, 11) is 0. The number of rotatable bonds is 3. The molecule has 6 heteroatoms. The molecule has 1 aliphatic rings. The first-order chi connectivity index (χ1) is 12.1. The van der Waals surface area contributed by atoms with Gasteiger partial charge in [0.05, 0.1) is 6.04 Å². The Labute approximate surface area is 158 Å². The topological polar surface area (TPSA) is 82.4 Å². The first-order valence-corrected chi connectivity index (χ1v) is 8.52. The molecule has 5 nitrogen and oxygen atoms in total. The van der Waals surface area contributed by atoms with Gasteiger partial charge in [-0.1, -0.05) is 24.3 Å². The van der Waals surface area contributed by atoms with Gasteiger partial charge in [-0.05, 0) is 47.7 Å². The molecule has 0 bridgehead atoms. The number of benzene rings is 2. The lowest BCUT2D eigenvalue weighted by molar-refractivity contribution is -0.133.